The molecule has 4 aliphatic carbocycles. The average molecular weight is 596 g/mol. The van der Waals surface area contributed by atoms with Crippen molar-refractivity contribution >= 4 is 23.4 Å². The maximum absolute atomic E-state index is 13.4. The van der Waals surface area contributed by atoms with Gasteiger partial charge in [-0.1, -0.05) is 31.6 Å². The molecule has 3 N–H and O–H groups in total. The topological polar surface area (TPSA) is 139 Å². The third-order valence-electron chi connectivity index (χ3n) is 11.3. The normalized spacial score (nSPS) is 34.7. The molecule has 5 rings (SSSR count). The molecular formula is C34H45NO8. The fourth-order valence-corrected chi connectivity index (χ4v) is 8.93. The number of allylic oxidation sites excluding steroid dienone is 1. The first kappa shape index (κ1) is 31.4. The number of hydrogen-bond acceptors (Lipinski definition) is 8. The van der Waals surface area contributed by atoms with Crippen molar-refractivity contribution < 1.29 is 38.9 Å². The van der Waals surface area contributed by atoms with Gasteiger partial charge >= 0.3 is 5.97 Å². The Kier molecular flexibility index (Phi) is 8.87. The minimum absolute atomic E-state index is 0.0173. The van der Waals surface area contributed by atoms with E-state index in [0.29, 0.717) is 25.8 Å². The van der Waals surface area contributed by atoms with Crippen LogP contribution in [0.1, 0.15) is 77.2 Å². The Bertz CT molecular complexity index is 1290. The van der Waals surface area contributed by atoms with Crippen LogP contribution in [0.15, 0.2) is 35.9 Å². The molecule has 1 aromatic carbocycles. The first-order valence-electron chi connectivity index (χ1n) is 15.6. The second-order valence-corrected chi connectivity index (χ2v) is 13.5. The van der Waals surface area contributed by atoms with Gasteiger partial charge in [0, 0.05) is 24.8 Å². The van der Waals surface area contributed by atoms with E-state index in [0.717, 1.165) is 36.1 Å². The van der Waals surface area contributed by atoms with E-state index in [-0.39, 0.29) is 60.5 Å². The number of hydrogen-bond donors (Lipinski definition) is 3. The SMILES string of the molecule is COc1ccc(CCNC(=O)CCC(=O)OCC(=O)[C@@]2(O)CC[C@@H]3[C@H]4CCC5=CC(=O)CC[C@]5(C)[C@H]4[C@H](O)C[C@]32C)cc1. The van der Waals surface area contributed by atoms with E-state index >= 15 is 0 Å². The maximum Gasteiger partial charge on any atom is 0.306 e. The molecule has 43 heavy (non-hydrogen) atoms. The van der Waals surface area contributed by atoms with Crippen LogP contribution < -0.4 is 10.1 Å². The van der Waals surface area contributed by atoms with Gasteiger partial charge in [-0.15, -0.1) is 0 Å². The quantitative estimate of drug-likeness (QED) is 0.350. The third-order valence-corrected chi connectivity index (χ3v) is 11.3. The third kappa shape index (κ3) is 5.78. The van der Waals surface area contributed by atoms with E-state index in [2.05, 4.69) is 12.2 Å². The summed E-state index contributed by atoms with van der Waals surface area (Å²) in [4.78, 5) is 50.2. The first-order valence-corrected chi connectivity index (χ1v) is 15.6. The Labute approximate surface area is 253 Å². The molecule has 0 radical (unpaired) electrons. The summed E-state index contributed by atoms with van der Waals surface area (Å²) in [6.07, 6.45) is 5.50. The molecule has 0 saturated heterocycles. The summed E-state index contributed by atoms with van der Waals surface area (Å²) >= 11 is 0. The number of Topliss-reactive ketones (excluding diaryl/α,β-unsaturated/α-hetero) is 1. The Morgan fingerprint density at radius 1 is 1.05 bits per heavy atom. The Hall–Kier alpha value is -3.04. The van der Waals surface area contributed by atoms with Crippen LogP contribution in [0, 0.1) is 28.6 Å². The van der Waals surface area contributed by atoms with Crippen LogP contribution in [0.25, 0.3) is 0 Å². The highest BCUT2D eigenvalue weighted by Gasteiger charge is 2.68. The number of rotatable bonds is 10. The lowest BCUT2D eigenvalue weighted by Crippen LogP contribution is -2.62. The van der Waals surface area contributed by atoms with Crippen molar-refractivity contribution in [1.82, 2.24) is 5.32 Å². The lowest BCUT2D eigenvalue weighted by molar-refractivity contribution is -0.184. The number of carbonyl (C=O) groups excluding carboxylic acids is 4. The van der Waals surface area contributed by atoms with Gasteiger partial charge < -0.3 is 25.0 Å². The first-order chi connectivity index (χ1) is 20.4. The van der Waals surface area contributed by atoms with Crippen LogP contribution in [0.3, 0.4) is 0 Å². The van der Waals surface area contributed by atoms with E-state index in [4.69, 9.17) is 9.47 Å². The number of benzene rings is 1. The fraction of sp³-hybridized carbons (Fsp3) is 0.647. The van der Waals surface area contributed by atoms with Gasteiger partial charge in [-0.05, 0) is 91.9 Å². The molecule has 7 atom stereocenters. The molecule has 0 bridgehead atoms. The number of methoxy groups -OCH3 is 1. The zero-order valence-electron chi connectivity index (χ0n) is 25.5. The lowest BCUT2D eigenvalue weighted by Gasteiger charge is -2.60. The minimum Gasteiger partial charge on any atom is -0.497 e. The highest BCUT2D eigenvalue weighted by Crippen LogP contribution is 2.67. The highest BCUT2D eigenvalue weighted by molar-refractivity contribution is 5.92. The van der Waals surface area contributed by atoms with Gasteiger partial charge in [0.1, 0.15) is 11.4 Å². The Balaban J connectivity index is 1.12. The van der Waals surface area contributed by atoms with Crippen LogP contribution in [-0.4, -0.2) is 65.6 Å². The molecule has 0 heterocycles. The number of esters is 1. The van der Waals surface area contributed by atoms with Crippen LogP contribution >= 0.6 is 0 Å². The largest absolute Gasteiger partial charge is 0.497 e. The van der Waals surface area contributed by atoms with Gasteiger partial charge in [-0.3, -0.25) is 19.2 Å². The van der Waals surface area contributed by atoms with Gasteiger partial charge in [0.2, 0.25) is 11.7 Å². The molecular weight excluding hydrogens is 550 g/mol. The van der Waals surface area contributed by atoms with Crippen molar-refractivity contribution in [3.8, 4) is 5.75 Å². The van der Waals surface area contributed by atoms with Crippen molar-refractivity contribution in [2.45, 2.75) is 89.8 Å². The molecule has 234 valence electrons. The Morgan fingerprint density at radius 3 is 2.51 bits per heavy atom. The molecule has 4 aliphatic rings. The number of aliphatic hydroxyl groups excluding tert-OH is 1. The average Bonchev–Trinajstić information content (AvgIpc) is 3.25. The highest BCUT2D eigenvalue weighted by atomic mass is 16.5. The lowest BCUT2D eigenvalue weighted by atomic mass is 9.45. The van der Waals surface area contributed by atoms with Gasteiger partial charge in [0.15, 0.2) is 12.4 Å². The summed E-state index contributed by atoms with van der Waals surface area (Å²) in [6, 6.07) is 7.56. The zero-order valence-corrected chi connectivity index (χ0v) is 25.5. The number of carbonyl (C=O) groups is 4. The number of aliphatic hydroxyl groups is 2. The molecule has 0 unspecified atom stereocenters. The monoisotopic (exact) mass is 595 g/mol. The van der Waals surface area contributed by atoms with E-state index < -0.39 is 35.5 Å². The van der Waals surface area contributed by atoms with E-state index in [1.54, 1.807) is 13.2 Å². The molecule has 0 aromatic heterocycles. The second kappa shape index (κ2) is 12.2. The number of fused-ring (bicyclic) bond motifs is 5. The van der Waals surface area contributed by atoms with Crippen LogP contribution in [0.4, 0.5) is 0 Å². The molecule has 9 nitrogen and oxygen atoms in total. The van der Waals surface area contributed by atoms with Crippen molar-refractivity contribution in [1.29, 1.82) is 0 Å². The van der Waals surface area contributed by atoms with Crippen LogP contribution in [-0.2, 0) is 30.3 Å². The maximum atomic E-state index is 13.4. The summed E-state index contributed by atoms with van der Waals surface area (Å²) in [5.74, 6) is -0.424. The minimum atomic E-state index is -1.71. The van der Waals surface area contributed by atoms with Crippen LogP contribution in [0.5, 0.6) is 5.75 Å². The molecule has 1 amide bonds. The smallest absolute Gasteiger partial charge is 0.306 e. The van der Waals surface area contributed by atoms with E-state index in [1.807, 2.05) is 31.2 Å². The van der Waals surface area contributed by atoms with Crippen molar-refractivity contribution in [3.63, 3.8) is 0 Å². The van der Waals surface area contributed by atoms with Gasteiger partial charge in [0.05, 0.1) is 19.6 Å². The van der Waals surface area contributed by atoms with E-state index in [1.165, 1.54) is 0 Å². The van der Waals surface area contributed by atoms with Gasteiger partial charge in [0.25, 0.3) is 0 Å². The standard InChI is InChI=1S/C34H45NO8/c1-32-15-12-23(36)18-22(32)6-9-25-26-13-16-34(41,33(26,2)19-27(37)31(25)32)28(38)20-43-30(40)11-10-29(39)35-17-14-21-4-7-24(42-3)8-5-21/h4-5,7-8,18,25-27,31,37,41H,6,9-17,19-20H2,1-3H3,(H,35,39)/t25-,26-,27-,31-,32+,33-,34+/m1/s1. The van der Waals surface area contributed by atoms with Crippen molar-refractivity contribution in [3.05, 3.63) is 41.5 Å². The summed E-state index contributed by atoms with van der Waals surface area (Å²) < 4.78 is 10.4. The second-order valence-electron chi connectivity index (χ2n) is 13.5. The molecule has 0 spiro atoms. The summed E-state index contributed by atoms with van der Waals surface area (Å²) in [7, 11) is 1.60. The molecule has 1 aromatic rings. The number of nitrogens with one attached hydrogen (secondary N) is 1. The van der Waals surface area contributed by atoms with E-state index in [9.17, 15) is 29.4 Å². The summed E-state index contributed by atoms with van der Waals surface area (Å²) in [5, 5.41) is 26.1. The number of ketones is 2. The molecule has 9 heteroatoms. The van der Waals surface area contributed by atoms with Crippen LogP contribution in [0.2, 0.25) is 0 Å². The summed E-state index contributed by atoms with van der Waals surface area (Å²) in [5.41, 5.74) is -0.620. The molecule has 3 fully saturated rings. The predicted molar refractivity (Wildman–Crippen MR) is 158 cm³/mol. The van der Waals surface area contributed by atoms with Crippen molar-refractivity contribution in [2.24, 2.45) is 28.6 Å². The number of amides is 1. The van der Waals surface area contributed by atoms with Crippen molar-refractivity contribution in [2.75, 3.05) is 20.3 Å². The Morgan fingerprint density at radius 2 is 1.79 bits per heavy atom. The fourth-order valence-electron chi connectivity index (χ4n) is 8.93. The zero-order chi connectivity index (χ0) is 31.0. The number of ether oxygens (including phenoxy) is 2. The van der Waals surface area contributed by atoms with Gasteiger partial charge in [-0.2, -0.15) is 0 Å². The predicted octanol–water partition coefficient (Wildman–Crippen LogP) is 3.48. The molecule has 0 aliphatic heterocycles. The molecule has 3 saturated carbocycles. The summed E-state index contributed by atoms with van der Waals surface area (Å²) in [6.45, 7) is 3.93. The van der Waals surface area contributed by atoms with Gasteiger partial charge in [-0.25, -0.2) is 0 Å².